The number of nitrogens with one attached hydrogen (secondary N) is 1. The highest BCUT2D eigenvalue weighted by Gasteiger charge is 2.27. The molecule has 0 aromatic heterocycles. The molecule has 2 rings (SSSR count). The largest absolute Gasteiger partial charge is 0.396 e. The topological polar surface area (TPSA) is 49.3 Å². The van der Waals surface area contributed by atoms with Crippen molar-refractivity contribution < 1.29 is 9.90 Å². The molecule has 0 bridgehead atoms. The van der Waals surface area contributed by atoms with Crippen LogP contribution in [0.2, 0.25) is 5.02 Å². The van der Waals surface area contributed by atoms with Crippen molar-refractivity contribution in [3.05, 3.63) is 29.3 Å². The number of carbonyl (C=O) groups excluding carboxylic acids is 1. The molecule has 1 aromatic rings. The van der Waals surface area contributed by atoms with Gasteiger partial charge < -0.3 is 10.4 Å². The van der Waals surface area contributed by atoms with E-state index in [-0.39, 0.29) is 24.5 Å². The minimum atomic E-state index is 0.0804. The molecule has 5 heteroatoms. The average Bonchev–Trinajstić information content (AvgIpc) is 2.88. The molecule has 2 atom stereocenters. The second kappa shape index (κ2) is 7.91. The number of aliphatic hydroxyl groups is 1. The van der Waals surface area contributed by atoms with Gasteiger partial charge in [0.25, 0.3) is 0 Å². The van der Waals surface area contributed by atoms with Crippen LogP contribution >= 0.6 is 23.4 Å². The van der Waals surface area contributed by atoms with Crippen LogP contribution in [0.25, 0.3) is 0 Å². The van der Waals surface area contributed by atoms with Crippen LogP contribution in [0.4, 0.5) is 0 Å². The van der Waals surface area contributed by atoms with E-state index in [4.69, 9.17) is 11.6 Å². The summed E-state index contributed by atoms with van der Waals surface area (Å²) in [6, 6.07) is 7.80. The summed E-state index contributed by atoms with van der Waals surface area (Å²) in [5.41, 5.74) is 0. The highest BCUT2D eigenvalue weighted by Crippen LogP contribution is 2.25. The van der Waals surface area contributed by atoms with Crippen LogP contribution < -0.4 is 5.32 Å². The Morgan fingerprint density at radius 2 is 2.10 bits per heavy atom. The lowest BCUT2D eigenvalue weighted by Crippen LogP contribution is -2.38. The fourth-order valence-electron chi connectivity index (χ4n) is 2.52. The first-order chi connectivity index (χ1) is 9.69. The minimum absolute atomic E-state index is 0.0804. The van der Waals surface area contributed by atoms with E-state index >= 15 is 0 Å². The van der Waals surface area contributed by atoms with E-state index in [1.165, 1.54) is 0 Å². The first-order valence-corrected chi connectivity index (χ1v) is 8.34. The smallest absolute Gasteiger partial charge is 0.221 e. The highest BCUT2D eigenvalue weighted by atomic mass is 35.5. The Bertz CT molecular complexity index is 438. The molecule has 3 nitrogen and oxygen atoms in total. The molecule has 1 aliphatic carbocycles. The van der Waals surface area contributed by atoms with Gasteiger partial charge in [-0.15, -0.1) is 11.8 Å². The second-order valence-electron chi connectivity index (χ2n) is 5.10. The molecule has 1 fully saturated rings. The third-order valence-electron chi connectivity index (χ3n) is 3.65. The van der Waals surface area contributed by atoms with Crippen LogP contribution in [0.15, 0.2) is 29.2 Å². The van der Waals surface area contributed by atoms with Gasteiger partial charge in [0, 0.05) is 40.7 Å². The maximum Gasteiger partial charge on any atom is 0.221 e. The molecule has 0 spiro atoms. The molecular weight excluding hydrogens is 294 g/mol. The van der Waals surface area contributed by atoms with Crippen LogP contribution in [-0.2, 0) is 4.79 Å². The maximum absolute atomic E-state index is 11.9. The Labute approximate surface area is 129 Å². The van der Waals surface area contributed by atoms with E-state index in [2.05, 4.69) is 5.32 Å². The van der Waals surface area contributed by atoms with Gasteiger partial charge in [0.2, 0.25) is 5.91 Å². The predicted octanol–water partition coefficient (Wildman–Crippen LogP) is 3.10. The number of amides is 1. The number of benzene rings is 1. The molecule has 2 unspecified atom stereocenters. The highest BCUT2D eigenvalue weighted by molar-refractivity contribution is 7.99. The molecule has 1 aromatic carbocycles. The summed E-state index contributed by atoms with van der Waals surface area (Å²) in [6.07, 6.45) is 3.60. The molecule has 0 radical (unpaired) electrons. The molecular formula is C15H20ClNO2S. The lowest BCUT2D eigenvalue weighted by Gasteiger charge is -2.18. The Kier molecular flexibility index (Phi) is 6.20. The monoisotopic (exact) mass is 313 g/mol. The van der Waals surface area contributed by atoms with E-state index in [1.807, 2.05) is 24.3 Å². The van der Waals surface area contributed by atoms with Gasteiger partial charge in [-0.2, -0.15) is 0 Å². The molecule has 0 aliphatic heterocycles. The zero-order valence-corrected chi connectivity index (χ0v) is 12.9. The van der Waals surface area contributed by atoms with Gasteiger partial charge in [0.05, 0.1) is 0 Å². The second-order valence-corrected chi connectivity index (χ2v) is 6.70. The van der Waals surface area contributed by atoms with Crippen molar-refractivity contribution >= 4 is 29.3 Å². The lowest BCUT2D eigenvalue weighted by molar-refractivity contribution is -0.121. The van der Waals surface area contributed by atoms with Crippen molar-refractivity contribution in [3.63, 3.8) is 0 Å². The van der Waals surface area contributed by atoms with Crippen molar-refractivity contribution in [1.29, 1.82) is 0 Å². The Morgan fingerprint density at radius 1 is 1.35 bits per heavy atom. The first kappa shape index (κ1) is 15.7. The number of halogens is 1. The van der Waals surface area contributed by atoms with Crippen molar-refractivity contribution in [1.82, 2.24) is 5.32 Å². The van der Waals surface area contributed by atoms with Gasteiger partial charge in [0.1, 0.15) is 0 Å². The number of aliphatic hydroxyl groups excluding tert-OH is 1. The summed E-state index contributed by atoms with van der Waals surface area (Å²) in [4.78, 5) is 13.0. The van der Waals surface area contributed by atoms with Crippen LogP contribution in [0.5, 0.6) is 0 Å². The number of hydrogen-bond donors (Lipinski definition) is 2. The zero-order chi connectivity index (χ0) is 14.4. The molecule has 20 heavy (non-hydrogen) atoms. The third-order valence-corrected chi connectivity index (χ3v) is 4.92. The molecule has 1 aliphatic rings. The normalized spacial score (nSPS) is 21.9. The average molecular weight is 314 g/mol. The van der Waals surface area contributed by atoms with Crippen molar-refractivity contribution in [3.8, 4) is 0 Å². The van der Waals surface area contributed by atoms with Crippen LogP contribution in [0.1, 0.15) is 25.7 Å². The summed E-state index contributed by atoms with van der Waals surface area (Å²) in [5, 5.41) is 13.0. The minimum Gasteiger partial charge on any atom is -0.396 e. The zero-order valence-electron chi connectivity index (χ0n) is 11.3. The summed E-state index contributed by atoms with van der Waals surface area (Å²) in [7, 11) is 0. The maximum atomic E-state index is 11.9. The predicted molar refractivity (Wildman–Crippen MR) is 83.2 cm³/mol. The third kappa shape index (κ3) is 4.69. The SMILES string of the molecule is O=C(CCSc1ccc(Cl)cc1)NC1CCCC1CO. The van der Waals surface area contributed by atoms with Crippen molar-refractivity contribution in [2.75, 3.05) is 12.4 Å². The molecule has 2 N–H and O–H groups in total. The molecule has 110 valence electrons. The molecule has 1 saturated carbocycles. The number of hydrogen-bond acceptors (Lipinski definition) is 3. The summed E-state index contributed by atoms with van der Waals surface area (Å²) < 4.78 is 0. The van der Waals surface area contributed by atoms with Gasteiger partial charge >= 0.3 is 0 Å². The van der Waals surface area contributed by atoms with E-state index in [0.29, 0.717) is 6.42 Å². The Hall–Kier alpha value is -0.710. The fourth-order valence-corrected chi connectivity index (χ4v) is 3.49. The van der Waals surface area contributed by atoms with Gasteiger partial charge in [-0.05, 0) is 37.1 Å². The lowest BCUT2D eigenvalue weighted by atomic mass is 10.1. The standard InChI is InChI=1S/C15H20ClNO2S/c16-12-4-6-13(7-5-12)20-9-8-15(19)17-14-3-1-2-11(14)10-18/h4-7,11,14,18H,1-3,8-10H2,(H,17,19). The van der Waals surface area contributed by atoms with Gasteiger partial charge in [-0.1, -0.05) is 18.0 Å². The fraction of sp³-hybridized carbons (Fsp3) is 0.533. The van der Waals surface area contributed by atoms with Crippen LogP contribution in [-0.4, -0.2) is 29.4 Å². The van der Waals surface area contributed by atoms with E-state index in [0.717, 1.165) is 34.9 Å². The van der Waals surface area contributed by atoms with Crippen molar-refractivity contribution in [2.24, 2.45) is 5.92 Å². The van der Waals surface area contributed by atoms with E-state index in [9.17, 15) is 9.90 Å². The Balaban J connectivity index is 1.68. The summed E-state index contributed by atoms with van der Waals surface area (Å²) in [5.74, 6) is 1.07. The molecule has 1 amide bonds. The molecule has 0 heterocycles. The van der Waals surface area contributed by atoms with Crippen LogP contribution in [0, 0.1) is 5.92 Å². The van der Waals surface area contributed by atoms with E-state index < -0.39 is 0 Å². The summed E-state index contributed by atoms with van der Waals surface area (Å²) >= 11 is 7.48. The summed E-state index contributed by atoms with van der Waals surface area (Å²) in [6.45, 7) is 0.171. The number of thioether (sulfide) groups is 1. The quantitative estimate of drug-likeness (QED) is 0.793. The van der Waals surface area contributed by atoms with Gasteiger partial charge in [-0.25, -0.2) is 0 Å². The molecule has 0 saturated heterocycles. The first-order valence-electron chi connectivity index (χ1n) is 6.97. The van der Waals surface area contributed by atoms with Gasteiger partial charge in [-0.3, -0.25) is 4.79 Å². The van der Waals surface area contributed by atoms with E-state index in [1.54, 1.807) is 11.8 Å². The Morgan fingerprint density at radius 3 is 2.80 bits per heavy atom. The van der Waals surface area contributed by atoms with Crippen LogP contribution in [0.3, 0.4) is 0 Å². The number of carbonyl (C=O) groups is 1. The number of rotatable bonds is 6. The van der Waals surface area contributed by atoms with Gasteiger partial charge in [0.15, 0.2) is 0 Å². The van der Waals surface area contributed by atoms with Crippen molar-refractivity contribution in [2.45, 2.75) is 36.6 Å².